The molecule has 0 aliphatic heterocycles. The number of alkyl halides is 3. The predicted octanol–water partition coefficient (Wildman–Crippen LogP) is 5.58. The van der Waals surface area contributed by atoms with E-state index in [1.165, 1.54) is 48.7 Å². The van der Waals surface area contributed by atoms with Crippen LogP contribution in [0.15, 0.2) is 113 Å². The molecular formula is C30H24F3N3O5S. The molecule has 1 N–H and O–H groups in total. The monoisotopic (exact) mass is 595 g/mol. The molecule has 42 heavy (non-hydrogen) atoms. The van der Waals surface area contributed by atoms with Crippen molar-refractivity contribution in [2.24, 2.45) is 5.10 Å². The van der Waals surface area contributed by atoms with Gasteiger partial charge in [-0.2, -0.15) is 18.3 Å². The number of amides is 1. The zero-order chi connectivity index (χ0) is 30.3. The lowest BCUT2D eigenvalue weighted by Crippen LogP contribution is -2.39. The zero-order valence-electron chi connectivity index (χ0n) is 22.1. The molecule has 0 aromatic heterocycles. The Hall–Kier alpha value is -4.97. The van der Waals surface area contributed by atoms with E-state index in [9.17, 15) is 31.2 Å². The van der Waals surface area contributed by atoms with Gasteiger partial charge in [-0.1, -0.05) is 42.0 Å². The smallest absolute Gasteiger partial charge is 0.416 e. The molecule has 4 aromatic carbocycles. The number of rotatable bonds is 9. The van der Waals surface area contributed by atoms with Crippen LogP contribution in [0.1, 0.15) is 27.0 Å². The molecule has 0 spiro atoms. The maximum absolute atomic E-state index is 13.4. The number of anilines is 1. The van der Waals surface area contributed by atoms with Gasteiger partial charge in [-0.25, -0.2) is 18.6 Å². The molecule has 4 aromatic rings. The van der Waals surface area contributed by atoms with Crippen molar-refractivity contribution < 1.29 is 35.9 Å². The van der Waals surface area contributed by atoms with Gasteiger partial charge in [0, 0.05) is 0 Å². The molecule has 0 unspecified atom stereocenters. The normalized spacial score (nSPS) is 11.7. The first kappa shape index (κ1) is 30.0. The molecule has 4 rings (SSSR count). The highest BCUT2D eigenvalue weighted by Gasteiger charge is 2.33. The van der Waals surface area contributed by atoms with E-state index in [1.54, 1.807) is 49.4 Å². The average molecular weight is 596 g/mol. The number of sulfonamides is 1. The number of halogens is 3. The summed E-state index contributed by atoms with van der Waals surface area (Å²) in [6, 6.07) is 24.0. The number of ether oxygens (including phenoxy) is 1. The lowest BCUT2D eigenvalue weighted by Gasteiger charge is -2.24. The quantitative estimate of drug-likeness (QED) is 0.118. The van der Waals surface area contributed by atoms with Gasteiger partial charge in [0.1, 0.15) is 12.3 Å². The Bertz CT molecular complexity index is 1690. The van der Waals surface area contributed by atoms with Crippen LogP contribution in [-0.2, 0) is 21.0 Å². The van der Waals surface area contributed by atoms with Crippen LogP contribution >= 0.6 is 0 Å². The highest BCUT2D eigenvalue weighted by molar-refractivity contribution is 7.92. The van der Waals surface area contributed by atoms with E-state index in [-0.39, 0.29) is 16.3 Å². The number of nitrogens with zero attached hydrogens (tertiary/aromatic N) is 2. The molecule has 0 fully saturated rings. The van der Waals surface area contributed by atoms with Gasteiger partial charge in [-0.15, -0.1) is 0 Å². The first-order valence-electron chi connectivity index (χ1n) is 12.4. The second-order valence-electron chi connectivity index (χ2n) is 8.99. The third kappa shape index (κ3) is 7.61. The predicted molar refractivity (Wildman–Crippen MR) is 151 cm³/mol. The molecule has 1 amide bonds. The minimum Gasteiger partial charge on any atom is -0.423 e. The number of aryl methyl sites for hydroxylation is 1. The van der Waals surface area contributed by atoms with Crippen LogP contribution in [-0.4, -0.2) is 33.1 Å². The van der Waals surface area contributed by atoms with Crippen molar-refractivity contribution in [3.8, 4) is 5.75 Å². The minimum atomic E-state index is -4.72. The fraction of sp³-hybridized carbons (Fsp3) is 0.100. The van der Waals surface area contributed by atoms with Crippen LogP contribution in [0.5, 0.6) is 5.75 Å². The van der Waals surface area contributed by atoms with Crippen molar-refractivity contribution in [1.29, 1.82) is 0 Å². The van der Waals surface area contributed by atoms with Crippen molar-refractivity contribution in [2.45, 2.75) is 18.0 Å². The van der Waals surface area contributed by atoms with Crippen LogP contribution in [0, 0.1) is 6.92 Å². The van der Waals surface area contributed by atoms with Gasteiger partial charge in [0.2, 0.25) is 0 Å². The molecule has 216 valence electrons. The van der Waals surface area contributed by atoms with Gasteiger partial charge in [0.25, 0.3) is 15.9 Å². The van der Waals surface area contributed by atoms with Gasteiger partial charge < -0.3 is 4.74 Å². The maximum Gasteiger partial charge on any atom is 0.416 e. The number of hydrogen-bond acceptors (Lipinski definition) is 6. The highest BCUT2D eigenvalue weighted by atomic mass is 32.2. The Labute approximate surface area is 240 Å². The van der Waals surface area contributed by atoms with Crippen LogP contribution in [0.2, 0.25) is 0 Å². The molecule has 0 saturated heterocycles. The Morgan fingerprint density at radius 1 is 0.905 bits per heavy atom. The Kier molecular flexibility index (Phi) is 9.06. The van der Waals surface area contributed by atoms with Gasteiger partial charge in [0.05, 0.1) is 27.9 Å². The third-order valence-electron chi connectivity index (χ3n) is 5.86. The Morgan fingerprint density at radius 2 is 1.57 bits per heavy atom. The van der Waals surface area contributed by atoms with Gasteiger partial charge >= 0.3 is 12.1 Å². The number of carbonyl (C=O) groups excluding carboxylic acids is 2. The molecule has 0 heterocycles. The van der Waals surface area contributed by atoms with E-state index < -0.39 is 40.2 Å². The summed E-state index contributed by atoms with van der Waals surface area (Å²) in [5.41, 5.74) is 2.45. The summed E-state index contributed by atoms with van der Waals surface area (Å²) in [6.45, 7) is 0.903. The maximum atomic E-state index is 13.4. The number of nitrogens with one attached hydrogen (secondary N) is 1. The summed E-state index contributed by atoms with van der Waals surface area (Å²) in [5.74, 6) is -1.15. The first-order valence-corrected chi connectivity index (χ1v) is 13.8. The topological polar surface area (TPSA) is 105 Å². The lowest BCUT2D eigenvalue weighted by molar-refractivity contribution is -0.137. The SMILES string of the molecule is Cc1ccc(S(=O)(=O)N(CC(=O)N/N=C\c2ccc(OC(=O)c3ccccc3)cc2)c2cccc(C(F)(F)F)c2)cc1. The van der Waals surface area contributed by atoms with Crippen molar-refractivity contribution in [2.75, 3.05) is 10.8 Å². The molecule has 0 atom stereocenters. The third-order valence-corrected chi connectivity index (χ3v) is 7.65. The Balaban J connectivity index is 1.48. The second kappa shape index (κ2) is 12.7. The number of carbonyl (C=O) groups is 2. The summed E-state index contributed by atoms with van der Waals surface area (Å²) in [4.78, 5) is 24.7. The summed E-state index contributed by atoms with van der Waals surface area (Å²) >= 11 is 0. The van der Waals surface area contributed by atoms with E-state index in [0.29, 0.717) is 21.5 Å². The first-order chi connectivity index (χ1) is 19.9. The van der Waals surface area contributed by atoms with E-state index in [1.807, 2.05) is 0 Å². The largest absolute Gasteiger partial charge is 0.423 e. The summed E-state index contributed by atoms with van der Waals surface area (Å²) in [5, 5.41) is 3.82. The Morgan fingerprint density at radius 3 is 2.21 bits per heavy atom. The van der Waals surface area contributed by atoms with Crippen LogP contribution < -0.4 is 14.5 Å². The second-order valence-corrected chi connectivity index (χ2v) is 10.9. The summed E-state index contributed by atoms with van der Waals surface area (Å²) < 4.78 is 72.8. The number of hydrazone groups is 1. The van der Waals surface area contributed by atoms with Gasteiger partial charge in [-0.05, 0) is 79.2 Å². The molecular weight excluding hydrogens is 571 g/mol. The molecule has 0 radical (unpaired) electrons. The average Bonchev–Trinajstić information content (AvgIpc) is 2.97. The van der Waals surface area contributed by atoms with E-state index in [2.05, 4.69) is 10.5 Å². The highest BCUT2D eigenvalue weighted by Crippen LogP contribution is 2.33. The standard InChI is InChI=1S/C30H24F3N3O5S/c1-21-10-16-27(17-11-21)42(39,40)36(25-9-5-8-24(18-25)30(31,32)33)20-28(37)35-34-19-22-12-14-26(15-13-22)41-29(38)23-6-3-2-4-7-23/h2-19H,20H2,1H3,(H,35,37)/b34-19-. The van der Waals surface area contributed by atoms with E-state index in [4.69, 9.17) is 4.74 Å². The number of benzene rings is 4. The van der Waals surface area contributed by atoms with Crippen molar-refractivity contribution in [3.63, 3.8) is 0 Å². The summed E-state index contributed by atoms with van der Waals surface area (Å²) in [6.07, 6.45) is -3.46. The van der Waals surface area contributed by atoms with E-state index in [0.717, 1.165) is 17.7 Å². The molecule has 0 bridgehead atoms. The van der Waals surface area contributed by atoms with Crippen LogP contribution in [0.4, 0.5) is 18.9 Å². The number of hydrogen-bond donors (Lipinski definition) is 1. The van der Waals surface area contributed by atoms with Crippen molar-refractivity contribution in [3.05, 3.63) is 125 Å². The summed E-state index contributed by atoms with van der Waals surface area (Å²) in [7, 11) is -4.43. The van der Waals surface area contributed by atoms with Gasteiger partial charge in [0.15, 0.2) is 0 Å². The molecule has 12 heteroatoms. The molecule has 8 nitrogen and oxygen atoms in total. The minimum absolute atomic E-state index is 0.199. The fourth-order valence-corrected chi connectivity index (χ4v) is 5.11. The number of esters is 1. The zero-order valence-corrected chi connectivity index (χ0v) is 22.9. The van der Waals surface area contributed by atoms with Crippen LogP contribution in [0.3, 0.4) is 0 Å². The molecule has 0 aliphatic rings. The lowest BCUT2D eigenvalue weighted by atomic mass is 10.2. The molecule has 0 saturated carbocycles. The van der Waals surface area contributed by atoms with Crippen LogP contribution in [0.25, 0.3) is 0 Å². The molecule has 0 aliphatic carbocycles. The van der Waals surface area contributed by atoms with Crippen molar-refractivity contribution >= 4 is 33.8 Å². The van der Waals surface area contributed by atoms with Crippen molar-refractivity contribution in [1.82, 2.24) is 5.43 Å². The fourth-order valence-electron chi connectivity index (χ4n) is 3.70. The van der Waals surface area contributed by atoms with E-state index >= 15 is 0 Å². The van der Waals surface area contributed by atoms with Gasteiger partial charge in [-0.3, -0.25) is 9.10 Å².